The Hall–Kier alpha value is -1.60. The lowest BCUT2D eigenvalue weighted by Crippen LogP contribution is -2.41. The summed E-state index contributed by atoms with van der Waals surface area (Å²) in [5, 5.41) is 8.78. The molecule has 0 unspecified atom stereocenters. The van der Waals surface area contributed by atoms with Crippen LogP contribution in [0, 0.1) is 17.1 Å². The Balaban J connectivity index is 2.20. The lowest BCUT2D eigenvalue weighted by atomic mass is 9.90. The first-order valence-electron chi connectivity index (χ1n) is 6.87. The Morgan fingerprint density at radius 1 is 1.37 bits per heavy atom. The van der Waals surface area contributed by atoms with Gasteiger partial charge in [0.1, 0.15) is 5.82 Å². The maximum Gasteiger partial charge on any atom is 0.147 e. The second-order valence-electron chi connectivity index (χ2n) is 5.13. The Bertz CT molecular complexity index is 473. The molecule has 102 valence electrons. The van der Waals surface area contributed by atoms with Gasteiger partial charge in [-0.25, -0.2) is 4.39 Å². The Kier molecular flexibility index (Phi) is 4.39. The van der Waals surface area contributed by atoms with Gasteiger partial charge >= 0.3 is 0 Å². The van der Waals surface area contributed by atoms with Crippen molar-refractivity contribution in [1.29, 1.82) is 5.26 Å². The molecule has 1 saturated carbocycles. The van der Waals surface area contributed by atoms with Gasteiger partial charge in [-0.3, -0.25) is 0 Å². The highest BCUT2D eigenvalue weighted by Gasteiger charge is 2.25. The second kappa shape index (κ2) is 6.03. The van der Waals surface area contributed by atoms with Crippen LogP contribution in [0.5, 0.6) is 0 Å². The molecule has 0 aromatic heterocycles. The minimum atomic E-state index is -0.309. The second-order valence-corrected chi connectivity index (χ2v) is 5.13. The van der Waals surface area contributed by atoms with Crippen molar-refractivity contribution in [1.82, 2.24) is 0 Å². The molecule has 0 atom stereocenters. The number of nitrogens with two attached hydrogens (primary N) is 1. The zero-order chi connectivity index (χ0) is 13.8. The van der Waals surface area contributed by atoms with Gasteiger partial charge in [0.15, 0.2) is 0 Å². The third-order valence-corrected chi connectivity index (χ3v) is 3.91. The summed E-state index contributed by atoms with van der Waals surface area (Å²) in [4.78, 5) is 2.10. The summed E-state index contributed by atoms with van der Waals surface area (Å²) in [6.45, 7) is 2.80. The fraction of sp³-hybridized carbons (Fsp3) is 0.533. The van der Waals surface area contributed by atoms with Crippen molar-refractivity contribution in [3.8, 4) is 6.07 Å². The van der Waals surface area contributed by atoms with Crippen molar-refractivity contribution < 1.29 is 4.39 Å². The number of nitrogens with zero attached hydrogens (tertiary/aromatic N) is 2. The molecule has 1 aromatic carbocycles. The summed E-state index contributed by atoms with van der Waals surface area (Å²) in [5.41, 5.74) is 6.88. The summed E-state index contributed by atoms with van der Waals surface area (Å²) >= 11 is 0. The monoisotopic (exact) mass is 261 g/mol. The Labute approximate surface area is 113 Å². The van der Waals surface area contributed by atoms with E-state index in [9.17, 15) is 4.39 Å². The number of anilines is 1. The first-order chi connectivity index (χ1) is 9.15. The van der Waals surface area contributed by atoms with Crippen LogP contribution in [0.1, 0.15) is 38.2 Å². The topological polar surface area (TPSA) is 53.0 Å². The molecule has 0 bridgehead atoms. The van der Waals surface area contributed by atoms with Crippen molar-refractivity contribution in [3.05, 3.63) is 29.6 Å². The number of hydrogen-bond donors (Lipinski definition) is 1. The van der Waals surface area contributed by atoms with E-state index in [2.05, 4.69) is 4.90 Å². The van der Waals surface area contributed by atoms with Gasteiger partial charge in [0, 0.05) is 18.6 Å². The normalized spacial score (nSPS) is 22.8. The minimum Gasteiger partial charge on any atom is -0.366 e. The summed E-state index contributed by atoms with van der Waals surface area (Å²) in [6.07, 6.45) is 4.01. The predicted octanol–water partition coefficient (Wildman–Crippen LogP) is 2.79. The Morgan fingerprint density at radius 2 is 2.05 bits per heavy atom. The lowest BCUT2D eigenvalue weighted by molar-refractivity contribution is 0.376. The molecular weight excluding hydrogens is 241 g/mol. The molecule has 1 aliphatic carbocycles. The van der Waals surface area contributed by atoms with E-state index in [4.69, 9.17) is 11.0 Å². The smallest absolute Gasteiger partial charge is 0.147 e. The van der Waals surface area contributed by atoms with Crippen LogP contribution in [0.15, 0.2) is 18.2 Å². The fourth-order valence-electron chi connectivity index (χ4n) is 2.85. The lowest BCUT2D eigenvalue weighted by Gasteiger charge is -2.37. The molecule has 3 nitrogen and oxygen atoms in total. The van der Waals surface area contributed by atoms with Crippen LogP contribution in [0.25, 0.3) is 0 Å². The van der Waals surface area contributed by atoms with E-state index in [1.807, 2.05) is 13.0 Å². The molecule has 1 aromatic rings. The molecule has 0 aliphatic heterocycles. The largest absolute Gasteiger partial charge is 0.366 e. The van der Waals surface area contributed by atoms with Crippen LogP contribution in [-0.4, -0.2) is 18.6 Å². The summed E-state index contributed by atoms with van der Waals surface area (Å²) in [7, 11) is 0. The van der Waals surface area contributed by atoms with Gasteiger partial charge in [-0.2, -0.15) is 5.26 Å². The molecule has 1 aliphatic rings. The molecule has 1 fully saturated rings. The quantitative estimate of drug-likeness (QED) is 0.910. The molecule has 4 heteroatoms. The third-order valence-electron chi connectivity index (χ3n) is 3.91. The van der Waals surface area contributed by atoms with E-state index >= 15 is 0 Å². The predicted molar refractivity (Wildman–Crippen MR) is 74.4 cm³/mol. The average Bonchev–Trinajstić information content (AvgIpc) is 2.43. The number of halogens is 1. The number of benzene rings is 1. The molecule has 2 N–H and O–H groups in total. The van der Waals surface area contributed by atoms with Crippen molar-refractivity contribution in [2.75, 3.05) is 11.4 Å². The number of hydrogen-bond acceptors (Lipinski definition) is 3. The van der Waals surface area contributed by atoms with Crippen molar-refractivity contribution in [2.24, 2.45) is 5.73 Å². The number of nitriles is 1. The minimum absolute atomic E-state index is 0.292. The van der Waals surface area contributed by atoms with E-state index in [0.717, 1.165) is 32.2 Å². The van der Waals surface area contributed by atoms with Crippen LogP contribution in [0.3, 0.4) is 0 Å². The van der Waals surface area contributed by atoms with Gasteiger partial charge in [-0.1, -0.05) is 0 Å². The first kappa shape index (κ1) is 13.8. The van der Waals surface area contributed by atoms with Gasteiger partial charge in [-0.15, -0.1) is 0 Å². The third kappa shape index (κ3) is 3.05. The molecule has 0 radical (unpaired) electrons. The van der Waals surface area contributed by atoms with E-state index in [0.29, 0.717) is 23.3 Å². The van der Waals surface area contributed by atoms with Gasteiger partial charge in [0.2, 0.25) is 0 Å². The van der Waals surface area contributed by atoms with E-state index in [1.165, 1.54) is 6.07 Å². The van der Waals surface area contributed by atoms with Crippen molar-refractivity contribution in [3.63, 3.8) is 0 Å². The van der Waals surface area contributed by atoms with Crippen LogP contribution in [0.2, 0.25) is 0 Å². The summed E-state index contributed by atoms with van der Waals surface area (Å²) in [5.74, 6) is -0.309. The molecule has 0 saturated heterocycles. The SMILES string of the molecule is CCN(c1ccc(C#N)cc1F)C1CCC(N)CC1. The maximum absolute atomic E-state index is 14.1. The average molecular weight is 261 g/mol. The zero-order valence-electron chi connectivity index (χ0n) is 11.3. The zero-order valence-corrected chi connectivity index (χ0v) is 11.3. The molecule has 0 amide bonds. The Morgan fingerprint density at radius 3 is 2.58 bits per heavy atom. The van der Waals surface area contributed by atoms with E-state index < -0.39 is 0 Å². The highest BCUT2D eigenvalue weighted by Crippen LogP contribution is 2.29. The highest BCUT2D eigenvalue weighted by molar-refractivity contribution is 5.52. The van der Waals surface area contributed by atoms with Gasteiger partial charge in [-0.05, 0) is 50.8 Å². The fourth-order valence-corrected chi connectivity index (χ4v) is 2.85. The van der Waals surface area contributed by atoms with Crippen LogP contribution in [0.4, 0.5) is 10.1 Å². The van der Waals surface area contributed by atoms with Crippen LogP contribution < -0.4 is 10.6 Å². The molecular formula is C15H20FN3. The van der Waals surface area contributed by atoms with Crippen molar-refractivity contribution in [2.45, 2.75) is 44.7 Å². The number of rotatable bonds is 3. The van der Waals surface area contributed by atoms with E-state index in [-0.39, 0.29) is 5.82 Å². The molecule has 0 spiro atoms. The molecule has 19 heavy (non-hydrogen) atoms. The van der Waals surface area contributed by atoms with E-state index in [1.54, 1.807) is 12.1 Å². The molecule has 0 heterocycles. The maximum atomic E-state index is 14.1. The van der Waals surface area contributed by atoms with Crippen LogP contribution in [-0.2, 0) is 0 Å². The first-order valence-corrected chi connectivity index (χ1v) is 6.87. The van der Waals surface area contributed by atoms with Crippen LogP contribution >= 0.6 is 0 Å². The van der Waals surface area contributed by atoms with Gasteiger partial charge < -0.3 is 10.6 Å². The summed E-state index contributed by atoms with van der Waals surface area (Å²) < 4.78 is 14.1. The molecule has 2 rings (SSSR count). The van der Waals surface area contributed by atoms with Crippen molar-refractivity contribution >= 4 is 5.69 Å². The summed E-state index contributed by atoms with van der Waals surface area (Å²) in [6, 6.07) is 7.31. The standard InChI is InChI=1S/C15H20FN3/c1-2-19(13-6-4-12(18)5-7-13)15-8-3-11(10-17)9-14(15)16/h3,8-9,12-13H,2,4-7,18H2,1H3. The highest BCUT2D eigenvalue weighted by atomic mass is 19.1. The van der Waals surface area contributed by atoms with Gasteiger partial charge in [0.05, 0.1) is 17.3 Å². The van der Waals surface area contributed by atoms with Gasteiger partial charge in [0.25, 0.3) is 0 Å².